The highest BCUT2D eigenvalue weighted by atomic mass is 16.3. The summed E-state index contributed by atoms with van der Waals surface area (Å²) in [7, 11) is 0. The van der Waals surface area contributed by atoms with Gasteiger partial charge in [0.1, 0.15) is 0 Å². The third-order valence-corrected chi connectivity index (χ3v) is 3.84. The zero-order chi connectivity index (χ0) is 11.4. The molecule has 1 aliphatic rings. The van der Waals surface area contributed by atoms with Gasteiger partial charge in [-0.15, -0.1) is 0 Å². The number of nitrogens with zero attached hydrogens (tertiary/aromatic N) is 2. The summed E-state index contributed by atoms with van der Waals surface area (Å²) < 4.78 is 0. The molecule has 1 rings (SSSR count). The lowest BCUT2D eigenvalue weighted by molar-refractivity contribution is 0.0253. The van der Waals surface area contributed by atoms with Gasteiger partial charge in [-0.2, -0.15) is 0 Å². The Bertz CT molecular complexity index is 176. The van der Waals surface area contributed by atoms with Crippen molar-refractivity contribution in [2.24, 2.45) is 0 Å². The van der Waals surface area contributed by atoms with Crippen LogP contribution < -0.4 is 0 Å². The molecule has 0 aliphatic carbocycles. The molecule has 90 valence electrons. The SMILES string of the molecule is CCC(C)N1CCN(C(C)C(C)O)CC1. The van der Waals surface area contributed by atoms with Gasteiger partial charge < -0.3 is 5.11 Å². The highest BCUT2D eigenvalue weighted by molar-refractivity contribution is 4.80. The van der Waals surface area contributed by atoms with Crippen molar-refractivity contribution < 1.29 is 5.11 Å². The maximum absolute atomic E-state index is 9.54. The van der Waals surface area contributed by atoms with E-state index in [0.29, 0.717) is 12.1 Å². The summed E-state index contributed by atoms with van der Waals surface area (Å²) in [6.45, 7) is 13.0. The summed E-state index contributed by atoms with van der Waals surface area (Å²) in [5.74, 6) is 0. The Hall–Kier alpha value is -0.120. The van der Waals surface area contributed by atoms with E-state index in [0.717, 1.165) is 26.2 Å². The number of aliphatic hydroxyl groups is 1. The number of hydrogen-bond acceptors (Lipinski definition) is 3. The molecular formula is C12H26N2O. The quantitative estimate of drug-likeness (QED) is 0.761. The maximum Gasteiger partial charge on any atom is 0.0664 e. The van der Waals surface area contributed by atoms with E-state index in [1.165, 1.54) is 6.42 Å². The first-order valence-corrected chi connectivity index (χ1v) is 6.22. The number of aliphatic hydroxyl groups excluding tert-OH is 1. The van der Waals surface area contributed by atoms with Crippen LogP contribution in [-0.4, -0.2) is 59.3 Å². The van der Waals surface area contributed by atoms with Gasteiger partial charge in [0.15, 0.2) is 0 Å². The fourth-order valence-corrected chi connectivity index (χ4v) is 2.15. The van der Waals surface area contributed by atoms with Crippen LogP contribution in [0, 0.1) is 0 Å². The minimum Gasteiger partial charge on any atom is -0.392 e. The Morgan fingerprint density at radius 1 is 1.00 bits per heavy atom. The summed E-state index contributed by atoms with van der Waals surface area (Å²) in [5.41, 5.74) is 0. The normalized spacial score (nSPS) is 26.2. The molecule has 3 unspecified atom stereocenters. The average Bonchev–Trinajstić information content (AvgIpc) is 2.27. The molecule has 1 heterocycles. The molecule has 0 bridgehead atoms. The first kappa shape index (κ1) is 12.9. The second kappa shape index (κ2) is 5.83. The molecular weight excluding hydrogens is 188 g/mol. The number of piperazine rings is 1. The topological polar surface area (TPSA) is 26.7 Å². The Morgan fingerprint density at radius 2 is 1.47 bits per heavy atom. The summed E-state index contributed by atoms with van der Waals surface area (Å²) in [4.78, 5) is 4.94. The fraction of sp³-hybridized carbons (Fsp3) is 1.00. The van der Waals surface area contributed by atoms with Crippen molar-refractivity contribution in [3.05, 3.63) is 0 Å². The Kier molecular flexibility index (Phi) is 5.03. The van der Waals surface area contributed by atoms with E-state index >= 15 is 0 Å². The van der Waals surface area contributed by atoms with Crippen LogP contribution in [0.4, 0.5) is 0 Å². The van der Waals surface area contributed by atoms with Crippen LogP contribution in [0.2, 0.25) is 0 Å². The van der Waals surface area contributed by atoms with E-state index in [-0.39, 0.29) is 6.10 Å². The van der Waals surface area contributed by atoms with E-state index in [2.05, 4.69) is 30.6 Å². The van der Waals surface area contributed by atoms with Gasteiger partial charge in [-0.3, -0.25) is 9.80 Å². The molecule has 15 heavy (non-hydrogen) atoms. The van der Waals surface area contributed by atoms with Crippen molar-refractivity contribution in [1.29, 1.82) is 0 Å². The smallest absolute Gasteiger partial charge is 0.0664 e. The molecule has 1 saturated heterocycles. The van der Waals surface area contributed by atoms with Crippen LogP contribution in [0.1, 0.15) is 34.1 Å². The first-order chi connectivity index (χ1) is 7.06. The molecule has 1 fully saturated rings. The first-order valence-electron chi connectivity index (χ1n) is 6.22. The van der Waals surface area contributed by atoms with Crippen LogP contribution in [-0.2, 0) is 0 Å². The van der Waals surface area contributed by atoms with Crippen LogP contribution in [0.3, 0.4) is 0 Å². The molecule has 3 heteroatoms. The molecule has 3 nitrogen and oxygen atoms in total. The molecule has 1 aliphatic heterocycles. The molecule has 0 aromatic heterocycles. The van der Waals surface area contributed by atoms with Crippen molar-refractivity contribution in [3.8, 4) is 0 Å². The lowest BCUT2D eigenvalue weighted by Gasteiger charge is -2.41. The predicted octanol–water partition coefficient (Wildman–Crippen LogP) is 1.17. The van der Waals surface area contributed by atoms with Crippen LogP contribution in [0.5, 0.6) is 0 Å². The van der Waals surface area contributed by atoms with Gasteiger partial charge in [-0.25, -0.2) is 0 Å². The van der Waals surface area contributed by atoms with E-state index in [9.17, 15) is 5.11 Å². The van der Waals surface area contributed by atoms with E-state index in [1.807, 2.05) is 6.92 Å². The Balaban J connectivity index is 2.35. The van der Waals surface area contributed by atoms with Gasteiger partial charge in [0.25, 0.3) is 0 Å². The summed E-state index contributed by atoms with van der Waals surface area (Å²) in [6, 6.07) is 0.998. The number of rotatable bonds is 4. The summed E-state index contributed by atoms with van der Waals surface area (Å²) in [5, 5.41) is 9.54. The van der Waals surface area contributed by atoms with Crippen molar-refractivity contribution >= 4 is 0 Å². The maximum atomic E-state index is 9.54. The third-order valence-electron chi connectivity index (χ3n) is 3.84. The predicted molar refractivity (Wildman–Crippen MR) is 64.0 cm³/mol. The highest BCUT2D eigenvalue weighted by Crippen LogP contribution is 2.12. The monoisotopic (exact) mass is 214 g/mol. The summed E-state index contributed by atoms with van der Waals surface area (Å²) in [6.07, 6.45) is 1.01. The van der Waals surface area contributed by atoms with Crippen LogP contribution in [0.15, 0.2) is 0 Å². The molecule has 1 N–H and O–H groups in total. The van der Waals surface area contributed by atoms with Gasteiger partial charge in [0.05, 0.1) is 6.10 Å². The second-order valence-electron chi connectivity index (χ2n) is 4.81. The van der Waals surface area contributed by atoms with Gasteiger partial charge >= 0.3 is 0 Å². The largest absolute Gasteiger partial charge is 0.392 e. The second-order valence-corrected chi connectivity index (χ2v) is 4.81. The lowest BCUT2D eigenvalue weighted by Crippen LogP contribution is -2.53. The van der Waals surface area contributed by atoms with Gasteiger partial charge in [0, 0.05) is 38.3 Å². The minimum atomic E-state index is -0.222. The average molecular weight is 214 g/mol. The molecule has 3 atom stereocenters. The van der Waals surface area contributed by atoms with Gasteiger partial charge in [0.2, 0.25) is 0 Å². The van der Waals surface area contributed by atoms with Crippen molar-refractivity contribution in [1.82, 2.24) is 9.80 Å². The van der Waals surface area contributed by atoms with Gasteiger partial charge in [-0.1, -0.05) is 6.92 Å². The molecule has 0 saturated carbocycles. The Morgan fingerprint density at radius 3 is 1.87 bits per heavy atom. The minimum absolute atomic E-state index is 0.222. The lowest BCUT2D eigenvalue weighted by atomic mass is 10.1. The fourth-order valence-electron chi connectivity index (χ4n) is 2.15. The molecule has 0 aromatic carbocycles. The highest BCUT2D eigenvalue weighted by Gasteiger charge is 2.24. The van der Waals surface area contributed by atoms with E-state index < -0.39 is 0 Å². The van der Waals surface area contributed by atoms with Crippen molar-refractivity contribution in [2.45, 2.75) is 52.3 Å². The standard InChI is InChI=1S/C12H26N2O/c1-5-10(2)13-6-8-14(9-7-13)11(3)12(4)15/h10-12,15H,5-9H2,1-4H3. The zero-order valence-electron chi connectivity index (χ0n) is 10.6. The van der Waals surface area contributed by atoms with E-state index in [4.69, 9.17) is 0 Å². The molecule has 0 spiro atoms. The Labute approximate surface area is 94.1 Å². The van der Waals surface area contributed by atoms with Crippen LogP contribution >= 0.6 is 0 Å². The summed E-state index contributed by atoms with van der Waals surface area (Å²) >= 11 is 0. The zero-order valence-corrected chi connectivity index (χ0v) is 10.6. The molecule has 0 amide bonds. The number of hydrogen-bond donors (Lipinski definition) is 1. The molecule has 0 radical (unpaired) electrons. The molecule has 0 aromatic rings. The van der Waals surface area contributed by atoms with Crippen molar-refractivity contribution in [2.75, 3.05) is 26.2 Å². The third kappa shape index (κ3) is 3.44. The van der Waals surface area contributed by atoms with Crippen LogP contribution in [0.25, 0.3) is 0 Å². The van der Waals surface area contributed by atoms with E-state index in [1.54, 1.807) is 0 Å². The van der Waals surface area contributed by atoms with Crippen molar-refractivity contribution in [3.63, 3.8) is 0 Å². The van der Waals surface area contributed by atoms with Gasteiger partial charge in [-0.05, 0) is 27.2 Å².